The van der Waals surface area contributed by atoms with E-state index in [1.165, 1.54) is 244 Å². The van der Waals surface area contributed by atoms with E-state index in [9.17, 15) is 14.4 Å². The van der Waals surface area contributed by atoms with Crippen molar-refractivity contribution in [2.24, 2.45) is 5.92 Å². The summed E-state index contributed by atoms with van der Waals surface area (Å²) in [6.07, 6.45) is 61.0. The van der Waals surface area contributed by atoms with Gasteiger partial charge in [0.25, 0.3) is 0 Å². The molecule has 0 N–H and O–H groups in total. The monoisotopic (exact) mass is 947 g/mol. The fourth-order valence-corrected chi connectivity index (χ4v) is 9.46. The maximum Gasteiger partial charge on any atom is 0.306 e. The Morgan fingerprint density at radius 2 is 0.493 bits per heavy atom. The standard InChI is InChI=1S/C61H118O6/c1-5-7-9-11-13-15-17-19-20-21-25-29-32-36-40-44-48-52-59(62)65-55-58(67-61(64)54-50-46-42-38-34-27-18-16-14-12-10-8-6-2)56-66-60(63)53-49-45-41-37-33-30-26-23-22-24-28-31-35-39-43-47-51-57(3)4/h57-58H,5-56H2,1-4H3/t58-/m1/s1. The van der Waals surface area contributed by atoms with Crippen LogP contribution >= 0.6 is 0 Å². The number of carbonyl (C=O) groups excluding carboxylic acids is 3. The Labute approximate surface area is 418 Å². The number of carbonyl (C=O) groups is 3. The second-order valence-electron chi connectivity index (χ2n) is 21.5. The Kier molecular flexibility index (Phi) is 54.0. The van der Waals surface area contributed by atoms with E-state index in [0.717, 1.165) is 63.7 Å². The first-order valence-corrected chi connectivity index (χ1v) is 30.4. The minimum atomic E-state index is -0.762. The molecule has 0 aliphatic carbocycles. The molecule has 0 saturated heterocycles. The molecule has 0 heterocycles. The predicted octanol–water partition coefficient (Wildman–Crippen LogP) is 20.2. The lowest BCUT2D eigenvalue weighted by Crippen LogP contribution is -2.30. The molecule has 0 radical (unpaired) electrons. The number of hydrogen-bond donors (Lipinski definition) is 0. The molecular formula is C61H118O6. The number of esters is 3. The van der Waals surface area contributed by atoms with Crippen molar-refractivity contribution in [2.75, 3.05) is 13.2 Å². The third kappa shape index (κ3) is 55.2. The Hall–Kier alpha value is -1.59. The second-order valence-corrected chi connectivity index (χ2v) is 21.5. The molecule has 0 rings (SSSR count). The van der Waals surface area contributed by atoms with Gasteiger partial charge < -0.3 is 14.2 Å². The molecule has 0 aliphatic rings. The summed E-state index contributed by atoms with van der Waals surface area (Å²) in [7, 11) is 0. The first kappa shape index (κ1) is 65.4. The zero-order valence-electron chi connectivity index (χ0n) is 45.9. The van der Waals surface area contributed by atoms with Gasteiger partial charge in [0.2, 0.25) is 0 Å². The number of hydrogen-bond acceptors (Lipinski definition) is 6. The van der Waals surface area contributed by atoms with Crippen LogP contribution in [0.15, 0.2) is 0 Å². The van der Waals surface area contributed by atoms with Crippen molar-refractivity contribution in [3.05, 3.63) is 0 Å². The SMILES string of the molecule is CCCCCCCCCCCCCCCCCCCC(=O)OC[C@H](COC(=O)CCCCCCCCCCCCCCCCCCC(C)C)OC(=O)CCCCCCCCCCCCCCC. The highest BCUT2D eigenvalue weighted by Crippen LogP contribution is 2.18. The fraction of sp³-hybridized carbons (Fsp3) is 0.951. The van der Waals surface area contributed by atoms with Crippen molar-refractivity contribution in [3.63, 3.8) is 0 Å². The van der Waals surface area contributed by atoms with Gasteiger partial charge in [0.15, 0.2) is 6.10 Å². The molecule has 0 aliphatic heterocycles. The summed E-state index contributed by atoms with van der Waals surface area (Å²) in [5.74, 6) is 0.0217. The highest BCUT2D eigenvalue weighted by molar-refractivity contribution is 5.71. The zero-order valence-corrected chi connectivity index (χ0v) is 45.9. The van der Waals surface area contributed by atoms with Crippen LogP contribution in [0.4, 0.5) is 0 Å². The maximum atomic E-state index is 12.8. The average molecular weight is 948 g/mol. The van der Waals surface area contributed by atoms with Gasteiger partial charge in [0, 0.05) is 19.3 Å². The van der Waals surface area contributed by atoms with Gasteiger partial charge in [0.05, 0.1) is 0 Å². The van der Waals surface area contributed by atoms with E-state index in [4.69, 9.17) is 14.2 Å². The molecule has 6 heteroatoms. The maximum absolute atomic E-state index is 12.8. The topological polar surface area (TPSA) is 78.9 Å². The predicted molar refractivity (Wildman–Crippen MR) is 289 cm³/mol. The molecule has 0 amide bonds. The van der Waals surface area contributed by atoms with Crippen molar-refractivity contribution in [2.45, 2.75) is 355 Å². The summed E-state index contributed by atoms with van der Waals surface area (Å²) in [5, 5.41) is 0. The van der Waals surface area contributed by atoms with Crippen molar-refractivity contribution < 1.29 is 28.6 Å². The van der Waals surface area contributed by atoms with Crippen molar-refractivity contribution in [3.8, 4) is 0 Å². The largest absolute Gasteiger partial charge is 0.462 e. The third-order valence-electron chi connectivity index (χ3n) is 14.0. The van der Waals surface area contributed by atoms with E-state index < -0.39 is 6.10 Å². The summed E-state index contributed by atoms with van der Waals surface area (Å²) in [5.41, 5.74) is 0. The van der Waals surface area contributed by atoms with Crippen LogP contribution in [-0.4, -0.2) is 37.2 Å². The van der Waals surface area contributed by atoms with Gasteiger partial charge in [-0.05, 0) is 25.2 Å². The Morgan fingerprint density at radius 3 is 0.731 bits per heavy atom. The van der Waals surface area contributed by atoms with Crippen LogP contribution in [0.2, 0.25) is 0 Å². The Morgan fingerprint density at radius 1 is 0.284 bits per heavy atom. The summed E-state index contributed by atoms with van der Waals surface area (Å²) in [6, 6.07) is 0. The van der Waals surface area contributed by atoms with Crippen LogP contribution in [0.1, 0.15) is 349 Å². The molecule has 398 valence electrons. The highest BCUT2D eigenvalue weighted by Gasteiger charge is 2.19. The minimum Gasteiger partial charge on any atom is -0.462 e. The van der Waals surface area contributed by atoms with Gasteiger partial charge in [0.1, 0.15) is 13.2 Å². The van der Waals surface area contributed by atoms with Gasteiger partial charge >= 0.3 is 17.9 Å². The molecule has 0 unspecified atom stereocenters. The molecule has 0 fully saturated rings. The van der Waals surface area contributed by atoms with E-state index in [2.05, 4.69) is 27.7 Å². The number of ether oxygens (including phenoxy) is 3. The molecule has 0 bridgehead atoms. The van der Waals surface area contributed by atoms with E-state index >= 15 is 0 Å². The molecule has 0 aromatic carbocycles. The summed E-state index contributed by atoms with van der Waals surface area (Å²) in [4.78, 5) is 38.2. The molecule has 67 heavy (non-hydrogen) atoms. The normalized spacial score (nSPS) is 12.0. The van der Waals surface area contributed by atoms with Gasteiger partial charge in [-0.15, -0.1) is 0 Å². The highest BCUT2D eigenvalue weighted by atomic mass is 16.6. The summed E-state index contributed by atoms with van der Waals surface area (Å²) in [6.45, 7) is 9.08. The number of rotatable bonds is 56. The average Bonchev–Trinajstić information content (AvgIpc) is 3.31. The molecule has 0 aromatic rings. The van der Waals surface area contributed by atoms with Crippen LogP contribution in [-0.2, 0) is 28.6 Å². The molecular weight excluding hydrogens is 829 g/mol. The van der Waals surface area contributed by atoms with Crippen molar-refractivity contribution in [1.82, 2.24) is 0 Å². The Bertz CT molecular complexity index is 1010. The molecule has 0 spiro atoms. The third-order valence-corrected chi connectivity index (χ3v) is 14.0. The zero-order chi connectivity index (χ0) is 48.8. The van der Waals surface area contributed by atoms with E-state index in [-0.39, 0.29) is 31.1 Å². The fourth-order valence-electron chi connectivity index (χ4n) is 9.46. The molecule has 6 nitrogen and oxygen atoms in total. The molecule has 1 atom stereocenters. The van der Waals surface area contributed by atoms with Crippen LogP contribution in [0, 0.1) is 5.92 Å². The first-order valence-electron chi connectivity index (χ1n) is 30.4. The van der Waals surface area contributed by atoms with Gasteiger partial charge in [-0.25, -0.2) is 0 Å². The second kappa shape index (κ2) is 55.3. The summed E-state index contributed by atoms with van der Waals surface area (Å²) < 4.78 is 16.9. The molecule has 0 aromatic heterocycles. The van der Waals surface area contributed by atoms with E-state index in [1.54, 1.807) is 0 Å². The van der Waals surface area contributed by atoms with Crippen molar-refractivity contribution in [1.29, 1.82) is 0 Å². The van der Waals surface area contributed by atoms with Crippen LogP contribution in [0.3, 0.4) is 0 Å². The smallest absolute Gasteiger partial charge is 0.306 e. The lowest BCUT2D eigenvalue weighted by molar-refractivity contribution is -0.167. The van der Waals surface area contributed by atoms with E-state index in [1.807, 2.05) is 0 Å². The van der Waals surface area contributed by atoms with Gasteiger partial charge in [-0.2, -0.15) is 0 Å². The van der Waals surface area contributed by atoms with Crippen molar-refractivity contribution >= 4 is 17.9 Å². The molecule has 0 saturated carbocycles. The van der Waals surface area contributed by atoms with Crippen LogP contribution in [0.5, 0.6) is 0 Å². The lowest BCUT2D eigenvalue weighted by atomic mass is 10.0. The van der Waals surface area contributed by atoms with Gasteiger partial charge in [-0.3, -0.25) is 14.4 Å². The summed E-state index contributed by atoms with van der Waals surface area (Å²) >= 11 is 0. The minimum absolute atomic E-state index is 0.0614. The number of unbranched alkanes of at least 4 members (excludes halogenated alkanes) is 43. The lowest BCUT2D eigenvalue weighted by Gasteiger charge is -2.18. The van der Waals surface area contributed by atoms with Crippen LogP contribution < -0.4 is 0 Å². The van der Waals surface area contributed by atoms with E-state index in [0.29, 0.717) is 19.3 Å². The Balaban J connectivity index is 4.25. The van der Waals surface area contributed by atoms with Crippen LogP contribution in [0.25, 0.3) is 0 Å². The van der Waals surface area contributed by atoms with Gasteiger partial charge in [-0.1, -0.05) is 310 Å². The first-order chi connectivity index (χ1) is 32.9. The quantitative estimate of drug-likeness (QED) is 0.0343.